The van der Waals surface area contributed by atoms with Gasteiger partial charge >= 0.3 is 0 Å². The average molecular weight is 196 g/mol. The van der Waals surface area contributed by atoms with Crippen molar-refractivity contribution in [2.75, 3.05) is 0 Å². The fraction of sp³-hybridized carbons (Fsp3) is 0.455. The maximum Gasteiger partial charge on any atom is 0.0456 e. The van der Waals surface area contributed by atoms with Gasteiger partial charge in [-0.2, -0.15) is 0 Å². The lowest BCUT2D eigenvalue weighted by Crippen LogP contribution is -2.14. The summed E-state index contributed by atoms with van der Waals surface area (Å²) in [7, 11) is 0. The van der Waals surface area contributed by atoms with Crippen molar-refractivity contribution >= 4 is 11.6 Å². The van der Waals surface area contributed by atoms with Crippen LogP contribution in [0, 0.1) is 12.8 Å². The van der Waals surface area contributed by atoms with E-state index in [9.17, 15) is 0 Å². The molecule has 0 bridgehead atoms. The highest BCUT2D eigenvalue weighted by Crippen LogP contribution is 2.42. The fourth-order valence-electron chi connectivity index (χ4n) is 1.76. The van der Waals surface area contributed by atoms with E-state index in [1.54, 1.807) is 0 Å². The summed E-state index contributed by atoms with van der Waals surface area (Å²) in [6.45, 7) is 2.07. The number of nitrogens with two attached hydrogens (primary N) is 1. The number of benzene rings is 1. The zero-order valence-electron chi connectivity index (χ0n) is 7.76. The van der Waals surface area contributed by atoms with Crippen LogP contribution >= 0.6 is 11.6 Å². The van der Waals surface area contributed by atoms with Crippen LogP contribution in [-0.2, 0) is 0 Å². The standard InChI is InChI=1S/C11H14ClN/c1-7-3-2-4-9(12)10(7)11(13)8-5-6-8/h2-4,8,11H,5-6,13H2,1H3/t11-/m0/s1. The van der Waals surface area contributed by atoms with Crippen LogP contribution in [0.1, 0.15) is 30.0 Å². The smallest absolute Gasteiger partial charge is 0.0456 e. The fourth-order valence-corrected chi connectivity index (χ4v) is 2.11. The van der Waals surface area contributed by atoms with Gasteiger partial charge in [0.25, 0.3) is 0 Å². The van der Waals surface area contributed by atoms with Gasteiger partial charge in [-0.25, -0.2) is 0 Å². The minimum Gasteiger partial charge on any atom is -0.324 e. The first-order valence-corrected chi connectivity index (χ1v) is 5.08. The topological polar surface area (TPSA) is 26.0 Å². The molecule has 1 nitrogen and oxygen atoms in total. The zero-order valence-corrected chi connectivity index (χ0v) is 8.51. The summed E-state index contributed by atoms with van der Waals surface area (Å²) >= 11 is 6.12. The van der Waals surface area contributed by atoms with Crippen LogP contribution in [0.3, 0.4) is 0 Å². The van der Waals surface area contributed by atoms with Gasteiger partial charge in [0, 0.05) is 11.1 Å². The molecule has 0 heterocycles. The Hall–Kier alpha value is -0.530. The second kappa shape index (κ2) is 3.32. The van der Waals surface area contributed by atoms with E-state index in [4.69, 9.17) is 17.3 Å². The molecule has 70 valence electrons. The summed E-state index contributed by atoms with van der Waals surface area (Å²) in [4.78, 5) is 0. The van der Waals surface area contributed by atoms with E-state index in [0.717, 1.165) is 10.6 Å². The van der Waals surface area contributed by atoms with Crippen molar-refractivity contribution < 1.29 is 0 Å². The molecule has 13 heavy (non-hydrogen) atoms. The first-order chi connectivity index (χ1) is 6.20. The summed E-state index contributed by atoms with van der Waals surface area (Å²) in [5.74, 6) is 0.665. The number of hydrogen-bond donors (Lipinski definition) is 1. The Bertz CT molecular complexity index is 298. The second-order valence-corrected chi connectivity index (χ2v) is 4.24. The van der Waals surface area contributed by atoms with Crippen molar-refractivity contribution in [3.63, 3.8) is 0 Å². The number of aryl methyl sites for hydroxylation is 1. The number of rotatable bonds is 2. The van der Waals surface area contributed by atoms with E-state index in [1.165, 1.54) is 18.4 Å². The Balaban J connectivity index is 2.36. The molecule has 1 aromatic carbocycles. The highest BCUT2D eigenvalue weighted by molar-refractivity contribution is 6.31. The lowest BCUT2D eigenvalue weighted by atomic mass is 9.98. The molecule has 0 aromatic heterocycles. The molecule has 1 atom stereocenters. The predicted molar refractivity (Wildman–Crippen MR) is 55.8 cm³/mol. The normalized spacial score (nSPS) is 18.7. The Labute approximate surface area is 83.9 Å². The van der Waals surface area contributed by atoms with Crippen LogP contribution in [0.4, 0.5) is 0 Å². The van der Waals surface area contributed by atoms with Gasteiger partial charge in [-0.15, -0.1) is 0 Å². The Morgan fingerprint density at radius 1 is 1.46 bits per heavy atom. The zero-order chi connectivity index (χ0) is 9.42. The van der Waals surface area contributed by atoms with Crippen LogP contribution in [0.5, 0.6) is 0 Å². The first kappa shape index (κ1) is 9.04. The SMILES string of the molecule is Cc1cccc(Cl)c1[C@@H](N)C1CC1. The molecular weight excluding hydrogens is 182 g/mol. The minimum absolute atomic E-state index is 0.147. The molecule has 1 fully saturated rings. The van der Waals surface area contributed by atoms with Gasteiger partial charge in [0.2, 0.25) is 0 Å². The lowest BCUT2D eigenvalue weighted by molar-refractivity contribution is 0.630. The third kappa shape index (κ3) is 1.72. The van der Waals surface area contributed by atoms with Crippen molar-refractivity contribution in [3.8, 4) is 0 Å². The Kier molecular flexibility index (Phi) is 2.31. The first-order valence-electron chi connectivity index (χ1n) is 4.70. The summed E-state index contributed by atoms with van der Waals surface area (Å²) in [5, 5.41) is 0.819. The lowest BCUT2D eigenvalue weighted by Gasteiger charge is -2.15. The van der Waals surface area contributed by atoms with Crippen molar-refractivity contribution in [2.45, 2.75) is 25.8 Å². The highest BCUT2D eigenvalue weighted by Gasteiger charge is 2.31. The van der Waals surface area contributed by atoms with E-state index in [1.807, 2.05) is 12.1 Å². The molecule has 0 amide bonds. The monoisotopic (exact) mass is 195 g/mol. The van der Waals surface area contributed by atoms with Gasteiger partial charge < -0.3 is 5.73 Å². The molecule has 1 saturated carbocycles. The summed E-state index contributed by atoms with van der Waals surface area (Å²) in [6.07, 6.45) is 2.51. The van der Waals surface area contributed by atoms with E-state index in [0.29, 0.717) is 5.92 Å². The van der Waals surface area contributed by atoms with Gasteiger partial charge in [-0.05, 0) is 42.9 Å². The largest absolute Gasteiger partial charge is 0.324 e. The Morgan fingerprint density at radius 2 is 2.15 bits per heavy atom. The third-order valence-corrected chi connectivity index (χ3v) is 3.06. The number of halogens is 1. The van der Waals surface area contributed by atoms with Gasteiger partial charge in [0.15, 0.2) is 0 Å². The number of hydrogen-bond acceptors (Lipinski definition) is 1. The molecule has 0 saturated heterocycles. The molecule has 2 heteroatoms. The van der Waals surface area contributed by atoms with Gasteiger partial charge in [0.05, 0.1) is 0 Å². The van der Waals surface area contributed by atoms with E-state index >= 15 is 0 Å². The van der Waals surface area contributed by atoms with Crippen LogP contribution in [-0.4, -0.2) is 0 Å². The van der Waals surface area contributed by atoms with Gasteiger partial charge in [-0.1, -0.05) is 23.7 Å². The molecule has 0 spiro atoms. The molecule has 0 unspecified atom stereocenters. The summed E-state index contributed by atoms with van der Waals surface area (Å²) in [5.41, 5.74) is 8.48. The summed E-state index contributed by atoms with van der Waals surface area (Å²) < 4.78 is 0. The van der Waals surface area contributed by atoms with Crippen LogP contribution in [0.25, 0.3) is 0 Å². The van der Waals surface area contributed by atoms with Gasteiger partial charge in [0.1, 0.15) is 0 Å². The van der Waals surface area contributed by atoms with Crippen LogP contribution in [0.15, 0.2) is 18.2 Å². The minimum atomic E-state index is 0.147. The second-order valence-electron chi connectivity index (χ2n) is 3.83. The summed E-state index contributed by atoms with van der Waals surface area (Å²) in [6, 6.07) is 6.12. The van der Waals surface area contributed by atoms with E-state index in [-0.39, 0.29) is 6.04 Å². The molecule has 1 aliphatic carbocycles. The van der Waals surface area contributed by atoms with E-state index in [2.05, 4.69) is 13.0 Å². The maximum atomic E-state index is 6.12. The van der Waals surface area contributed by atoms with Crippen molar-refractivity contribution in [3.05, 3.63) is 34.3 Å². The van der Waals surface area contributed by atoms with Crippen molar-refractivity contribution in [2.24, 2.45) is 11.7 Å². The van der Waals surface area contributed by atoms with E-state index < -0.39 is 0 Å². The molecule has 0 aliphatic heterocycles. The quantitative estimate of drug-likeness (QED) is 0.772. The van der Waals surface area contributed by atoms with Crippen LogP contribution < -0.4 is 5.73 Å². The van der Waals surface area contributed by atoms with Crippen molar-refractivity contribution in [1.82, 2.24) is 0 Å². The molecule has 1 aromatic rings. The van der Waals surface area contributed by atoms with Crippen molar-refractivity contribution in [1.29, 1.82) is 0 Å². The Morgan fingerprint density at radius 3 is 2.69 bits per heavy atom. The molecular formula is C11H14ClN. The average Bonchev–Trinajstić information content (AvgIpc) is 2.85. The molecule has 1 aliphatic rings. The highest BCUT2D eigenvalue weighted by atomic mass is 35.5. The van der Waals surface area contributed by atoms with Crippen LogP contribution in [0.2, 0.25) is 5.02 Å². The predicted octanol–water partition coefficient (Wildman–Crippen LogP) is 3.06. The molecule has 2 rings (SSSR count). The molecule has 0 radical (unpaired) electrons. The maximum absolute atomic E-state index is 6.12. The third-order valence-electron chi connectivity index (χ3n) is 2.73. The van der Waals surface area contributed by atoms with Gasteiger partial charge in [-0.3, -0.25) is 0 Å². The molecule has 2 N–H and O–H groups in total.